The first-order valence-electron chi connectivity index (χ1n) is 9.92. The summed E-state index contributed by atoms with van der Waals surface area (Å²) in [6.45, 7) is 0.452. The van der Waals surface area contributed by atoms with Crippen LogP contribution in [0.4, 0.5) is 0 Å². The number of rotatable bonds is 16. The SMILES string of the molecule is NC(=O)CCC(NC(=O)C(N)CCCN=C(N)N)C(=O)NC(CCCN=C(N)N)C(=O)O. The standard InChI is InChI=1S/C17H34N10O5/c18-9(3-1-7-24-16(20)21)13(29)26-10(5-6-12(19)28)14(30)27-11(15(31)32)4-2-8-25-17(22)23/h9-11H,1-8,18H2,(H2,19,28)(H,26,29)(H,27,30)(H,31,32)(H4,20,21,24)(H4,22,23,25). The average molecular weight is 459 g/mol. The summed E-state index contributed by atoms with van der Waals surface area (Å²) in [4.78, 5) is 55.1. The summed E-state index contributed by atoms with van der Waals surface area (Å²) in [5, 5.41) is 14.1. The van der Waals surface area contributed by atoms with Gasteiger partial charge in [0.2, 0.25) is 17.7 Å². The number of aliphatic carboxylic acids is 1. The van der Waals surface area contributed by atoms with Crippen molar-refractivity contribution in [3.8, 4) is 0 Å². The second-order valence-electron chi connectivity index (χ2n) is 6.97. The first-order valence-corrected chi connectivity index (χ1v) is 9.92. The zero-order valence-corrected chi connectivity index (χ0v) is 17.8. The molecule has 15 heteroatoms. The topological polar surface area (TPSA) is 293 Å². The number of carbonyl (C=O) groups excluding carboxylic acids is 3. The zero-order chi connectivity index (χ0) is 24.7. The van der Waals surface area contributed by atoms with Gasteiger partial charge in [0, 0.05) is 19.5 Å². The second-order valence-corrected chi connectivity index (χ2v) is 6.97. The average Bonchev–Trinajstić information content (AvgIpc) is 2.69. The van der Waals surface area contributed by atoms with Gasteiger partial charge in [-0.2, -0.15) is 0 Å². The van der Waals surface area contributed by atoms with Crippen molar-refractivity contribution in [3.05, 3.63) is 0 Å². The smallest absolute Gasteiger partial charge is 0.326 e. The number of hydrogen-bond acceptors (Lipinski definition) is 7. The van der Waals surface area contributed by atoms with E-state index in [2.05, 4.69) is 20.6 Å². The van der Waals surface area contributed by atoms with E-state index in [1.54, 1.807) is 0 Å². The molecule has 3 unspecified atom stereocenters. The number of primary amides is 1. The second kappa shape index (κ2) is 15.2. The molecule has 15 nitrogen and oxygen atoms in total. The highest BCUT2D eigenvalue weighted by Crippen LogP contribution is 2.04. The Balaban J connectivity index is 5.00. The Morgan fingerprint density at radius 1 is 0.750 bits per heavy atom. The molecule has 0 aromatic rings. The molecule has 0 aliphatic heterocycles. The molecule has 0 aromatic heterocycles. The van der Waals surface area contributed by atoms with Crippen molar-refractivity contribution < 1.29 is 24.3 Å². The molecule has 15 N–H and O–H groups in total. The molecule has 0 aliphatic rings. The molecule has 0 fully saturated rings. The summed E-state index contributed by atoms with van der Waals surface area (Å²) in [5.41, 5.74) is 31.8. The lowest BCUT2D eigenvalue weighted by atomic mass is 10.1. The molecule has 0 heterocycles. The summed E-state index contributed by atoms with van der Waals surface area (Å²) in [5.74, 6) is -3.63. The quantitative estimate of drug-likeness (QED) is 0.0609. The summed E-state index contributed by atoms with van der Waals surface area (Å²) < 4.78 is 0. The minimum Gasteiger partial charge on any atom is -0.480 e. The number of carboxylic acids is 1. The van der Waals surface area contributed by atoms with Crippen molar-refractivity contribution in [2.45, 2.75) is 56.7 Å². The Kier molecular flexibility index (Phi) is 13.5. The number of aliphatic imine (C=N–C) groups is 2. The van der Waals surface area contributed by atoms with Crippen LogP contribution in [0.15, 0.2) is 9.98 Å². The van der Waals surface area contributed by atoms with Crippen molar-refractivity contribution in [3.63, 3.8) is 0 Å². The van der Waals surface area contributed by atoms with Gasteiger partial charge in [0.1, 0.15) is 12.1 Å². The normalized spacial score (nSPS) is 13.2. The molecule has 3 amide bonds. The molecule has 0 aliphatic carbocycles. The number of nitrogens with zero attached hydrogens (tertiary/aromatic N) is 2. The van der Waals surface area contributed by atoms with Crippen LogP contribution in [0, 0.1) is 0 Å². The van der Waals surface area contributed by atoms with E-state index in [0.717, 1.165) is 0 Å². The highest BCUT2D eigenvalue weighted by atomic mass is 16.4. The van der Waals surface area contributed by atoms with Gasteiger partial charge in [-0.3, -0.25) is 24.4 Å². The molecule has 0 spiro atoms. The number of nitrogens with one attached hydrogen (secondary N) is 2. The first-order chi connectivity index (χ1) is 14.9. The van der Waals surface area contributed by atoms with Crippen LogP contribution in [-0.2, 0) is 19.2 Å². The van der Waals surface area contributed by atoms with Gasteiger partial charge < -0.3 is 50.1 Å². The maximum Gasteiger partial charge on any atom is 0.326 e. The fourth-order valence-corrected chi connectivity index (χ4v) is 2.52. The van der Waals surface area contributed by atoms with Gasteiger partial charge >= 0.3 is 5.97 Å². The van der Waals surface area contributed by atoms with Crippen LogP contribution < -0.4 is 45.0 Å². The number of hydrogen-bond donors (Lipinski definition) is 9. The Morgan fingerprint density at radius 3 is 1.72 bits per heavy atom. The lowest BCUT2D eigenvalue weighted by Gasteiger charge is -2.22. The van der Waals surface area contributed by atoms with Gasteiger partial charge in [0.15, 0.2) is 11.9 Å². The van der Waals surface area contributed by atoms with E-state index in [4.69, 9.17) is 34.4 Å². The van der Waals surface area contributed by atoms with Crippen molar-refractivity contribution in [2.24, 2.45) is 44.4 Å². The van der Waals surface area contributed by atoms with E-state index in [-0.39, 0.29) is 57.1 Å². The minimum absolute atomic E-state index is 0.0403. The van der Waals surface area contributed by atoms with E-state index >= 15 is 0 Å². The van der Waals surface area contributed by atoms with Gasteiger partial charge in [-0.05, 0) is 32.1 Å². The molecule has 0 bridgehead atoms. The van der Waals surface area contributed by atoms with Gasteiger partial charge in [-0.25, -0.2) is 4.79 Å². The van der Waals surface area contributed by atoms with Crippen molar-refractivity contribution >= 4 is 35.6 Å². The van der Waals surface area contributed by atoms with E-state index in [0.29, 0.717) is 6.42 Å². The van der Waals surface area contributed by atoms with E-state index in [9.17, 15) is 24.3 Å². The predicted molar refractivity (Wildman–Crippen MR) is 118 cm³/mol. The summed E-state index contributed by atoms with van der Waals surface area (Å²) >= 11 is 0. The van der Waals surface area contributed by atoms with Gasteiger partial charge in [-0.1, -0.05) is 0 Å². The van der Waals surface area contributed by atoms with Crippen LogP contribution in [0.1, 0.15) is 38.5 Å². The molecule has 3 atom stereocenters. The van der Waals surface area contributed by atoms with Crippen molar-refractivity contribution in [2.75, 3.05) is 13.1 Å². The zero-order valence-electron chi connectivity index (χ0n) is 17.8. The minimum atomic E-state index is -1.28. The summed E-state index contributed by atoms with van der Waals surface area (Å²) in [6.07, 6.45) is 0.637. The number of amides is 3. The molecular weight excluding hydrogens is 424 g/mol. The van der Waals surface area contributed by atoms with Crippen molar-refractivity contribution in [1.82, 2.24) is 10.6 Å². The number of carboxylic acid groups (broad SMARTS) is 1. The van der Waals surface area contributed by atoms with Gasteiger partial charge in [0.25, 0.3) is 0 Å². The lowest BCUT2D eigenvalue weighted by molar-refractivity contribution is -0.142. The molecular formula is C17H34N10O5. The lowest BCUT2D eigenvalue weighted by Crippen LogP contribution is -2.54. The van der Waals surface area contributed by atoms with Crippen LogP contribution in [-0.4, -0.2) is 71.9 Å². The predicted octanol–water partition coefficient (Wildman–Crippen LogP) is -4.26. The molecule has 182 valence electrons. The molecule has 0 saturated heterocycles. The van der Waals surface area contributed by atoms with E-state index in [1.807, 2.05) is 0 Å². The van der Waals surface area contributed by atoms with Crippen LogP contribution in [0.25, 0.3) is 0 Å². The monoisotopic (exact) mass is 458 g/mol. The van der Waals surface area contributed by atoms with Gasteiger partial charge in [0.05, 0.1) is 6.04 Å². The third kappa shape index (κ3) is 13.6. The highest BCUT2D eigenvalue weighted by Gasteiger charge is 2.28. The molecule has 32 heavy (non-hydrogen) atoms. The number of carbonyl (C=O) groups is 4. The van der Waals surface area contributed by atoms with E-state index in [1.165, 1.54) is 0 Å². The fraction of sp³-hybridized carbons (Fsp3) is 0.647. The molecule has 0 saturated carbocycles. The molecule has 0 rings (SSSR count). The van der Waals surface area contributed by atoms with E-state index < -0.39 is 41.8 Å². The fourth-order valence-electron chi connectivity index (χ4n) is 2.52. The van der Waals surface area contributed by atoms with Crippen LogP contribution in [0.2, 0.25) is 0 Å². The number of guanidine groups is 2. The third-order valence-electron chi connectivity index (χ3n) is 4.18. The van der Waals surface area contributed by atoms with Crippen LogP contribution in [0.3, 0.4) is 0 Å². The first kappa shape index (κ1) is 28.4. The molecule has 0 aromatic carbocycles. The molecule has 0 radical (unpaired) electrons. The Bertz CT molecular complexity index is 704. The Morgan fingerprint density at radius 2 is 1.25 bits per heavy atom. The Hall–Kier alpha value is -3.62. The third-order valence-corrected chi connectivity index (χ3v) is 4.18. The van der Waals surface area contributed by atoms with Crippen LogP contribution >= 0.6 is 0 Å². The number of nitrogens with two attached hydrogens (primary N) is 6. The van der Waals surface area contributed by atoms with Crippen molar-refractivity contribution in [1.29, 1.82) is 0 Å². The Labute approximate surface area is 185 Å². The maximum absolute atomic E-state index is 12.6. The summed E-state index contributed by atoms with van der Waals surface area (Å²) in [7, 11) is 0. The maximum atomic E-state index is 12.6. The summed E-state index contributed by atoms with van der Waals surface area (Å²) in [6, 6.07) is -3.43. The van der Waals surface area contributed by atoms with Crippen LogP contribution in [0.5, 0.6) is 0 Å². The highest BCUT2D eigenvalue weighted by molar-refractivity contribution is 5.92. The van der Waals surface area contributed by atoms with Gasteiger partial charge in [-0.15, -0.1) is 0 Å². The largest absolute Gasteiger partial charge is 0.480 e.